The predicted molar refractivity (Wildman–Crippen MR) is 152 cm³/mol. The van der Waals surface area contributed by atoms with E-state index >= 15 is 0 Å². The van der Waals surface area contributed by atoms with E-state index in [0.717, 1.165) is 29.0 Å². The van der Waals surface area contributed by atoms with Gasteiger partial charge in [0.25, 0.3) is 0 Å². The van der Waals surface area contributed by atoms with Crippen molar-refractivity contribution >= 4 is 50.7 Å². The fraction of sp³-hybridized carbons (Fsp3) is 0.481. The number of hydrogen-bond donors (Lipinski definition) is 1. The third-order valence-electron chi connectivity index (χ3n) is 6.13. The molecule has 0 radical (unpaired) electrons. The second-order valence-corrected chi connectivity index (χ2v) is 12.0. The fourth-order valence-electron chi connectivity index (χ4n) is 3.92. The van der Waals surface area contributed by atoms with Gasteiger partial charge in [0.2, 0.25) is 21.8 Å². The highest BCUT2D eigenvalue weighted by Crippen LogP contribution is 2.28. The lowest BCUT2D eigenvalue weighted by atomic mass is 10.0. The third-order valence-corrected chi connectivity index (χ3v) is 7.98. The molecule has 0 aromatic heterocycles. The van der Waals surface area contributed by atoms with E-state index in [1.807, 2.05) is 32.9 Å². The summed E-state index contributed by atoms with van der Waals surface area (Å²) in [7, 11) is -3.81. The number of nitrogens with zero attached hydrogens (tertiary/aromatic N) is 2. The summed E-state index contributed by atoms with van der Waals surface area (Å²) in [6, 6.07) is 11.3. The van der Waals surface area contributed by atoms with Crippen molar-refractivity contribution in [3.63, 3.8) is 0 Å². The van der Waals surface area contributed by atoms with Gasteiger partial charge in [-0.3, -0.25) is 13.9 Å². The Morgan fingerprint density at radius 1 is 1.00 bits per heavy atom. The number of amides is 2. The van der Waals surface area contributed by atoms with Crippen LogP contribution in [-0.4, -0.2) is 50.5 Å². The van der Waals surface area contributed by atoms with Gasteiger partial charge in [-0.1, -0.05) is 75.5 Å². The summed E-state index contributed by atoms with van der Waals surface area (Å²) in [6.07, 6.45) is 3.10. The molecule has 0 bridgehead atoms. The molecule has 0 aliphatic heterocycles. The number of rotatable bonds is 13. The number of hydrogen-bond acceptors (Lipinski definition) is 4. The molecule has 0 aliphatic carbocycles. The Balaban J connectivity index is 2.46. The fourth-order valence-corrected chi connectivity index (χ4v) is 5.29. The van der Waals surface area contributed by atoms with Crippen LogP contribution in [0.4, 0.5) is 5.69 Å². The lowest BCUT2D eigenvalue weighted by Crippen LogP contribution is -2.52. The van der Waals surface area contributed by atoms with E-state index in [0.29, 0.717) is 34.3 Å². The second-order valence-electron chi connectivity index (χ2n) is 9.31. The Kier molecular flexibility index (Phi) is 11.7. The molecule has 2 aromatic carbocycles. The van der Waals surface area contributed by atoms with Crippen LogP contribution in [0, 0.1) is 0 Å². The molecule has 7 nitrogen and oxygen atoms in total. The molecule has 2 aromatic rings. The first-order valence-corrected chi connectivity index (χ1v) is 15.1. The molecule has 0 saturated carbocycles. The zero-order valence-electron chi connectivity index (χ0n) is 22.1. The molecule has 1 N–H and O–H groups in total. The third kappa shape index (κ3) is 8.62. The van der Waals surface area contributed by atoms with E-state index in [4.69, 9.17) is 23.2 Å². The number of unbranched alkanes of at least 4 members (excludes halogenated alkanes) is 1. The van der Waals surface area contributed by atoms with Crippen LogP contribution in [0.3, 0.4) is 0 Å². The minimum absolute atomic E-state index is 0.0407. The molecule has 0 heterocycles. The molecule has 0 aliphatic rings. The normalized spacial score (nSPS) is 12.3. The van der Waals surface area contributed by atoms with Crippen molar-refractivity contribution in [3.8, 4) is 0 Å². The average molecular weight is 571 g/mol. The van der Waals surface area contributed by atoms with Crippen LogP contribution >= 0.6 is 23.2 Å². The number of nitrogens with one attached hydrogen (secondary N) is 1. The highest BCUT2D eigenvalue weighted by Gasteiger charge is 2.32. The van der Waals surface area contributed by atoms with Crippen molar-refractivity contribution in [1.82, 2.24) is 10.2 Å². The summed E-state index contributed by atoms with van der Waals surface area (Å²) >= 11 is 12.8. The topological polar surface area (TPSA) is 86.8 Å². The van der Waals surface area contributed by atoms with Crippen LogP contribution in [0.2, 0.25) is 10.0 Å². The Bertz CT molecular complexity index is 1150. The highest BCUT2D eigenvalue weighted by atomic mass is 35.5. The number of halogens is 2. The molecule has 37 heavy (non-hydrogen) atoms. The number of carbonyl (C=O) groups excluding carboxylic acids is 2. The van der Waals surface area contributed by atoms with E-state index in [2.05, 4.69) is 5.32 Å². The standard InChI is InChI=1S/C27H37Cl2N3O4S/c1-6-8-16-30-27(34)25(7-2)31(17-22-23(28)10-9-11-24(22)29)26(33)18-32(37(5,35)36)21-14-12-20(13-15-21)19(3)4/h9-15,19,25H,6-8,16-18H2,1-5H3,(H,30,34)/t25-/m1/s1. The largest absolute Gasteiger partial charge is 0.354 e. The monoisotopic (exact) mass is 569 g/mol. The summed E-state index contributed by atoms with van der Waals surface area (Å²) < 4.78 is 26.6. The lowest BCUT2D eigenvalue weighted by molar-refractivity contribution is -0.140. The van der Waals surface area contributed by atoms with E-state index in [1.165, 1.54) is 4.90 Å². The molecule has 1 atom stereocenters. The van der Waals surface area contributed by atoms with Crippen LogP contribution in [-0.2, 0) is 26.2 Å². The molecule has 0 unspecified atom stereocenters. The molecule has 0 saturated heterocycles. The minimum Gasteiger partial charge on any atom is -0.354 e. The van der Waals surface area contributed by atoms with Gasteiger partial charge in [-0.05, 0) is 48.6 Å². The van der Waals surface area contributed by atoms with Crippen LogP contribution < -0.4 is 9.62 Å². The van der Waals surface area contributed by atoms with Gasteiger partial charge in [0, 0.05) is 28.7 Å². The van der Waals surface area contributed by atoms with Gasteiger partial charge in [-0.2, -0.15) is 0 Å². The van der Waals surface area contributed by atoms with Crippen LogP contribution in [0.25, 0.3) is 0 Å². The van der Waals surface area contributed by atoms with Crippen molar-refractivity contribution in [2.45, 2.75) is 65.5 Å². The first-order valence-electron chi connectivity index (χ1n) is 12.5. The Labute approximate surface area is 231 Å². The highest BCUT2D eigenvalue weighted by molar-refractivity contribution is 7.92. The first-order chi connectivity index (χ1) is 17.4. The second kappa shape index (κ2) is 14.0. The van der Waals surface area contributed by atoms with Crippen molar-refractivity contribution in [3.05, 3.63) is 63.6 Å². The zero-order chi connectivity index (χ0) is 27.8. The molecular formula is C27H37Cl2N3O4S. The van der Waals surface area contributed by atoms with Gasteiger partial charge in [0.05, 0.1) is 11.9 Å². The van der Waals surface area contributed by atoms with Gasteiger partial charge in [0.1, 0.15) is 12.6 Å². The summed E-state index contributed by atoms with van der Waals surface area (Å²) in [5.41, 5.74) is 1.91. The van der Waals surface area contributed by atoms with Gasteiger partial charge in [0.15, 0.2) is 0 Å². The van der Waals surface area contributed by atoms with Gasteiger partial charge >= 0.3 is 0 Å². The maximum absolute atomic E-state index is 13.8. The quantitative estimate of drug-likeness (QED) is 0.318. The van der Waals surface area contributed by atoms with E-state index in [1.54, 1.807) is 37.3 Å². The number of benzene rings is 2. The summed E-state index contributed by atoms with van der Waals surface area (Å²) in [5.74, 6) is -0.568. The Morgan fingerprint density at radius 3 is 2.08 bits per heavy atom. The Morgan fingerprint density at radius 2 is 1.59 bits per heavy atom. The maximum Gasteiger partial charge on any atom is 0.244 e. The van der Waals surface area contributed by atoms with Gasteiger partial charge < -0.3 is 10.2 Å². The lowest BCUT2D eigenvalue weighted by Gasteiger charge is -2.33. The predicted octanol–water partition coefficient (Wildman–Crippen LogP) is 5.61. The number of carbonyl (C=O) groups is 2. The van der Waals surface area contributed by atoms with Crippen LogP contribution in [0.15, 0.2) is 42.5 Å². The molecular weight excluding hydrogens is 533 g/mol. The van der Waals surface area contributed by atoms with Crippen molar-refractivity contribution in [1.29, 1.82) is 0 Å². The maximum atomic E-state index is 13.8. The summed E-state index contributed by atoms with van der Waals surface area (Å²) in [4.78, 5) is 28.2. The average Bonchev–Trinajstić information content (AvgIpc) is 2.83. The van der Waals surface area contributed by atoms with Crippen LogP contribution in [0.1, 0.15) is 64.0 Å². The number of anilines is 1. The SMILES string of the molecule is CCCCNC(=O)[C@@H](CC)N(Cc1c(Cl)cccc1Cl)C(=O)CN(c1ccc(C(C)C)cc1)S(C)(=O)=O. The van der Waals surface area contributed by atoms with E-state index < -0.39 is 28.5 Å². The molecule has 0 spiro atoms. The molecule has 10 heteroatoms. The van der Waals surface area contributed by atoms with Gasteiger partial charge in [-0.25, -0.2) is 8.42 Å². The molecule has 204 valence electrons. The summed E-state index contributed by atoms with van der Waals surface area (Å²) in [5, 5.41) is 3.60. The minimum atomic E-state index is -3.81. The van der Waals surface area contributed by atoms with Gasteiger partial charge in [-0.15, -0.1) is 0 Å². The zero-order valence-corrected chi connectivity index (χ0v) is 24.5. The van der Waals surface area contributed by atoms with Crippen molar-refractivity contribution in [2.75, 3.05) is 23.7 Å². The van der Waals surface area contributed by atoms with Crippen molar-refractivity contribution in [2.24, 2.45) is 0 Å². The smallest absolute Gasteiger partial charge is 0.244 e. The first kappa shape index (κ1) is 30.9. The summed E-state index contributed by atoms with van der Waals surface area (Å²) in [6.45, 7) is 7.88. The Hall–Kier alpha value is -2.29. The van der Waals surface area contributed by atoms with E-state index in [9.17, 15) is 18.0 Å². The molecule has 0 fully saturated rings. The van der Waals surface area contributed by atoms with E-state index in [-0.39, 0.29) is 18.4 Å². The number of sulfonamides is 1. The molecule has 2 amide bonds. The van der Waals surface area contributed by atoms with Crippen molar-refractivity contribution < 1.29 is 18.0 Å². The molecule has 2 rings (SSSR count). The van der Waals surface area contributed by atoms with Crippen LogP contribution in [0.5, 0.6) is 0 Å².